The van der Waals surface area contributed by atoms with E-state index in [1.807, 2.05) is 25.1 Å². The summed E-state index contributed by atoms with van der Waals surface area (Å²) >= 11 is 0. The van der Waals surface area contributed by atoms with Crippen molar-refractivity contribution in [3.63, 3.8) is 0 Å². The average molecular weight is 272 g/mol. The Hall–Kier alpha value is -1.45. The van der Waals surface area contributed by atoms with E-state index in [4.69, 9.17) is 0 Å². The lowest BCUT2D eigenvalue weighted by Gasteiger charge is -2.19. The average Bonchev–Trinajstić information content (AvgIpc) is 2.42. The first-order valence-electron chi connectivity index (χ1n) is 7.29. The third-order valence-corrected chi connectivity index (χ3v) is 3.49. The van der Waals surface area contributed by atoms with Crippen molar-refractivity contribution in [3.8, 4) is 0 Å². The van der Waals surface area contributed by atoms with Gasteiger partial charge in [-0.2, -0.15) is 0 Å². The fourth-order valence-electron chi connectivity index (χ4n) is 2.59. The Labute approximate surface area is 121 Å². The lowest BCUT2D eigenvalue weighted by molar-refractivity contribution is 0.223. The molecule has 2 rings (SSSR count). The van der Waals surface area contributed by atoms with E-state index in [9.17, 15) is 5.11 Å². The zero-order valence-corrected chi connectivity index (χ0v) is 12.6. The van der Waals surface area contributed by atoms with Crippen molar-refractivity contribution in [1.82, 2.24) is 10.3 Å². The molecule has 1 aromatic heterocycles. The smallest absolute Gasteiger partial charge is 0.0708 e. The number of aliphatic hydroxyl groups is 1. The molecule has 1 atom stereocenters. The number of nitrogens with one attached hydrogen (secondary N) is 1. The van der Waals surface area contributed by atoms with Gasteiger partial charge in [0.05, 0.1) is 12.1 Å². The van der Waals surface area contributed by atoms with E-state index in [1.54, 1.807) is 0 Å². The van der Waals surface area contributed by atoms with Gasteiger partial charge in [-0.25, -0.2) is 0 Å². The summed E-state index contributed by atoms with van der Waals surface area (Å²) in [6.45, 7) is 7.32. The molecule has 1 heterocycles. The summed E-state index contributed by atoms with van der Waals surface area (Å²) in [5.74, 6) is 0.579. The molecule has 0 radical (unpaired) electrons. The van der Waals surface area contributed by atoms with Crippen LogP contribution in [0.2, 0.25) is 0 Å². The van der Waals surface area contributed by atoms with Gasteiger partial charge < -0.3 is 10.4 Å². The highest BCUT2D eigenvalue weighted by molar-refractivity contribution is 5.82. The summed E-state index contributed by atoms with van der Waals surface area (Å²) in [6.07, 6.45) is 0.985. The number of hydrogen-bond donors (Lipinski definition) is 2. The number of aromatic nitrogens is 1. The Balaban J connectivity index is 2.16. The van der Waals surface area contributed by atoms with Crippen LogP contribution in [-0.4, -0.2) is 22.7 Å². The van der Waals surface area contributed by atoms with Crippen LogP contribution in [0.15, 0.2) is 30.3 Å². The maximum atomic E-state index is 9.45. The van der Waals surface area contributed by atoms with Gasteiger partial charge in [0.1, 0.15) is 0 Å². The minimum absolute atomic E-state index is 0.155. The molecule has 0 aliphatic rings. The molecule has 3 heteroatoms. The molecule has 2 N–H and O–H groups in total. The largest absolute Gasteiger partial charge is 0.395 e. The molecule has 0 aliphatic heterocycles. The molecular weight excluding hydrogens is 248 g/mol. The Bertz CT molecular complexity index is 566. The number of hydrogen-bond acceptors (Lipinski definition) is 3. The van der Waals surface area contributed by atoms with Crippen LogP contribution >= 0.6 is 0 Å². The predicted octanol–water partition coefficient (Wildman–Crippen LogP) is 3.04. The molecule has 108 valence electrons. The van der Waals surface area contributed by atoms with Crippen LogP contribution in [0.5, 0.6) is 0 Å². The Morgan fingerprint density at radius 2 is 2.00 bits per heavy atom. The van der Waals surface area contributed by atoms with Gasteiger partial charge in [0.15, 0.2) is 0 Å². The van der Waals surface area contributed by atoms with E-state index in [0.29, 0.717) is 5.92 Å². The molecule has 2 aromatic rings. The highest BCUT2D eigenvalue weighted by Gasteiger charge is 2.10. The first-order chi connectivity index (χ1) is 9.60. The van der Waals surface area contributed by atoms with Gasteiger partial charge >= 0.3 is 0 Å². The van der Waals surface area contributed by atoms with Crippen LogP contribution in [0.4, 0.5) is 0 Å². The summed E-state index contributed by atoms with van der Waals surface area (Å²) in [6, 6.07) is 10.5. The first kappa shape index (κ1) is 14.9. The van der Waals surface area contributed by atoms with E-state index in [-0.39, 0.29) is 12.6 Å². The molecule has 0 spiro atoms. The second-order valence-corrected chi connectivity index (χ2v) is 5.83. The van der Waals surface area contributed by atoms with Crippen molar-refractivity contribution in [3.05, 3.63) is 41.6 Å². The van der Waals surface area contributed by atoms with Crippen LogP contribution in [0.3, 0.4) is 0 Å². The maximum Gasteiger partial charge on any atom is 0.0708 e. The third kappa shape index (κ3) is 3.78. The predicted molar refractivity (Wildman–Crippen MR) is 83.6 cm³/mol. The van der Waals surface area contributed by atoms with E-state index < -0.39 is 0 Å². The van der Waals surface area contributed by atoms with Crippen molar-refractivity contribution in [2.75, 3.05) is 6.61 Å². The SMILES string of the molecule is Cc1cc(CNC(CO)CC(C)C)c2ccccc2n1. The Morgan fingerprint density at radius 1 is 1.25 bits per heavy atom. The van der Waals surface area contributed by atoms with Crippen molar-refractivity contribution in [2.24, 2.45) is 5.92 Å². The molecule has 0 bridgehead atoms. The number of aliphatic hydroxyl groups excluding tert-OH is 1. The van der Waals surface area contributed by atoms with Crippen LogP contribution < -0.4 is 5.32 Å². The van der Waals surface area contributed by atoms with E-state index in [0.717, 1.165) is 24.2 Å². The zero-order chi connectivity index (χ0) is 14.5. The number of pyridine rings is 1. The second kappa shape index (κ2) is 6.82. The number of nitrogens with zero attached hydrogens (tertiary/aromatic N) is 1. The maximum absolute atomic E-state index is 9.45. The number of benzene rings is 1. The molecule has 1 unspecified atom stereocenters. The minimum atomic E-state index is 0.155. The summed E-state index contributed by atoms with van der Waals surface area (Å²) in [7, 11) is 0. The summed E-state index contributed by atoms with van der Waals surface area (Å²) < 4.78 is 0. The quantitative estimate of drug-likeness (QED) is 0.849. The van der Waals surface area contributed by atoms with E-state index in [2.05, 4.69) is 36.3 Å². The second-order valence-electron chi connectivity index (χ2n) is 5.83. The van der Waals surface area contributed by atoms with Gasteiger partial charge in [-0.3, -0.25) is 4.98 Å². The fraction of sp³-hybridized carbons (Fsp3) is 0.471. The van der Waals surface area contributed by atoms with Crippen molar-refractivity contribution < 1.29 is 5.11 Å². The zero-order valence-electron chi connectivity index (χ0n) is 12.6. The highest BCUT2D eigenvalue weighted by Crippen LogP contribution is 2.18. The van der Waals surface area contributed by atoms with Gasteiger partial charge in [-0.15, -0.1) is 0 Å². The minimum Gasteiger partial charge on any atom is -0.395 e. The molecular formula is C17H24N2O. The standard InChI is InChI=1S/C17H24N2O/c1-12(2)8-15(11-20)18-10-14-9-13(3)19-17-7-5-4-6-16(14)17/h4-7,9,12,15,18,20H,8,10-11H2,1-3H3. The van der Waals surface area contributed by atoms with Gasteiger partial charge in [0.2, 0.25) is 0 Å². The van der Waals surface area contributed by atoms with Crippen LogP contribution in [0.25, 0.3) is 10.9 Å². The topological polar surface area (TPSA) is 45.1 Å². The number of fused-ring (bicyclic) bond motifs is 1. The molecule has 0 fully saturated rings. The molecule has 0 amide bonds. The monoisotopic (exact) mass is 272 g/mol. The number of rotatable bonds is 6. The lowest BCUT2D eigenvalue weighted by atomic mass is 10.0. The summed E-state index contributed by atoms with van der Waals surface area (Å²) in [4.78, 5) is 4.55. The van der Waals surface area contributed by atoms with Gasteiger partial charge in [-0.05, 0) is 37.0 Å². The van der Waals surface area contributed by atoms with Gasteiger partial charge in [-0.1, -0.05) is 32.0 Å². The summed E-state index contributed by atoms with van der Waals surface area (Å²) in [5.41, 5.74) is 3.31. The van der Waals surface area contributed by atoms with Crippen molar-refractivity contribution in [2.45, 2.75) is 39.8 Å². The number of aryl methyl sites for hydroxylation is 1. The Morgan fingerprint density at radius 3 is 2.70 bits per heavy atom. The normalized spacial score (nSPS) is 13.1. The van der Waals surface area contributed by atoms with Crippen molar-refractivity contribution in [1.29, 1.82) is 0 Å². The van der Waals surface area contributed by atoms with Gasteiger partial charge in [0, 0.05) is 23.7 Å². The van der Waals surface area contributed by atoms with Gasteiger partial charge in [0.25, 0.3) is 0 Å². The Kier molecular flexibility index (Phi) is 5.10. The van der Waals surface area contributed by atoms with E-state index in [1.165, 1.54) is 10.9 Å². The molecule has 0 saturated heterocycles. The lowest BCUT2D eigenvalue weighted by Crippen LogP contribution is -2.33. The molecule has 0 aliphatic carbocycles. The molecule has 1 aromatic carbocycles. The molecule has 0 saturated carbocycles. The van der Waals surface area contributed by atoms with Crippen LogP contribution in [0, 0.1) is 12.8 Å². The van der Waals surface area contributed by atoms with Crippen molar-refractivity contribution >= 4 is 10.9 Å². The van der Waals surface area contributed by atoms with Crippen LogP contribution in [0.1, 0.15) is 31.5 Å². The molecule has 3 nitrogen and oxygen atoms in total. The molecule has 20 heavy (non-hydrogen) atoms. The summed E-state index contributed by atoms with van der Waals surface area (Å²) in [5, 5.41) is 14.1. The van der Waals surface area contributed by atoms with E-state index >= 15 is 0 Å². The first-order valence-corrected chi connectivity index (χ1v) is 7.29. The fourth-order valence-corrected chi connectivity index (χ4v) is 2.59. The third-order valence-electron chi connectivity index (χ3n) is 3.49. The number of para-hydroxylation sites is 1. The highest BCUT2D eigenvalue weighted by atomic mass is 16.3. The van der Waals surface area contributed by atoms with Crippen LogP contribution in [-0.2, 0) is 6.54 Å².